The number of unbranched alkanes of at least 4 members (excludes halogenated alkanes) is 17. The molecule has 0 bridgehead atoms. The van der Waals surface area contributed by atoms with Crippen LogP contribution >= 0.6 is 7.82 Å². The number of ether oxygens (including phenoxy) is 2. The van der Waals surface area contributed by atoms with E-state index in [1.54, 1.807) is 0 Å². The van der Waals surface area contributed by atoms with Gasteiger partial charge in [0.25, 0.3) is 0 Å². The smallest absolute Gasteiger partial charge is 0.457 e. The van der Waals surface area contributed by atoms with Crippen LogP contribution < -0.4 is 0 Å². The normalized spacial score (nSPS) is 14.3. The minimum atomic E-state index is -4.29. The summed E-state index contributed by atoms with van der Waals surface area (Å²) in [6.45, 7) is 5.44. The second-order valence-corrected chi connectivity index (χ2v) is 18.2. The maximum atomic E-state index is 12.7. The van der Waals surface area contributed by atoms with Crippen molar-refractivity contribution in [2.45, 2.75) is 187 Å². The molecule has 0 amide bonds. The highest BCUT2D eigenvalue weighted by atomic mass is 31.2. The van der Waals surface area contributed by atoms with Crippen LogP contribution in [0.3, 0.4) is 0 Å². The summed E-state index contributed by atoms with van der Waals surface area (Å²) >= 11 is 0. The van der Waals surface area contributed by atoms with Crippen LogP contribution in [-0.4, -0.2) is 75.6 Å². The Morgan fingerprint density at radius 2 is 0.983 bits per heavy atom. The molecule has 0 aromatic rings. The zero-order chi connectivity index (χ0) is 43.4. The molecule has 0 aromatic carbocycles. The van der Waals surface area contributed by atoms with Crippen LogP contribution in [0.15, 0.2) is 72.9 Å². The first-order valence-electron chi connectivity index (χ1n) is 23.7. The summed E-state index contributed by atoms with van der Waals surface area (Å²) in [5.41, 5.74) is 0. The molecule has 0 spiro atoms. The number of phosphoric acid groups is 1. The van der Waals surface area contributed by atoms with E-state index >= 15 is 0 Å². The van der Waals surface area contributed by atoms with Crippen LogP contribution in [0.5, 0.6) is 0 Å². The summed E-state index contributed by atoms with van der Waals surface area (Å²) in [5.74, 6) is -0.340. The van der Waals surface area contributed by atoms with Gasteiger partial charge < -0.3 is 18.9 Å². The molecule has 2 atom stereocenters. The molecule has 0 aromatic heterocycles. The van der Waals surface area contributed by atoms with Gasteiger partial charge in [0.15, 0.2) is 0 Å². The van der Waals surface area contributed by atoms with Crippen molar-refractivity contribution in [3.05, 3.63) is 72.9 Å². The van der Waals surface area contributed by atoms with Crippen molar-refractivity contribution in [1.82, 2.24) is 0 Å². The minimum Gasteiger partial charge on any atom is -0.457 e. The first kappa shape index (κ1) is 56.9. The molecule has 0 saturated carbocycles. The Balaban J connectivity index is 4.24. The van der Waals surface area contributed by atoms with Gasteiger partial charge in [-0.15, -0.1) is 0 Å². The molecule has 9 heteroatoms. The van der Waals surface area contributed by atoms with Gasteiger partial charge in [-0.3, -0.25) is 13.8 Å². The van der Waals surface area contributed by atoms with Gasteiger partial charge in [0.2, 0.25) is 0 Å². The molecule has 2 unspecified atom stereocenters. The monoisotopic (exact) mass is 849 g/mol. The average Bonchev–Trinajstić information content (AvgIpc) is 3.19. The lowest BCUT2D eigenvalue weighted by molar-refractivity contribution is -0.870. The Hall–Kier alpha value is -2.06. The zero-order valence-electron chi connectivity index (χ0n) is 38.7. The number of nitrogens with zero attached hydrogens (tertiary/aromatic N) is 1. The molecule has 59 heavy (non-hydrogen) atoms. The highest BCUT2D eigenvalue weighted by Gasteiger charge is 2.26. The van der Waals surface area contributed by atoms with E-state index in [1.165, 1.54) is 83.5 Å². The van der Waals surface area contributed by atoms with E-state index < -0.39 is 13.9 Å². The van der Waals surface area contributed by atoms with Crippen LogP contribution in [-0.2, 0) is 27.9 Å². The first-order valence-corrected chi connectivity index (χ1v) is 25.2. The first-order chi connectivity index (χ1) is 28.6. The van der Waals surface area contributed by atoms with Gasteiger partial charge in [-0.05, 0) is 83.5 Å². The molecule has 0 rings (SSSR count). The molecule has 0 aliphatic heterocycles. The number of carbonyl (C=O) groups excluding carboxylic acids is 1. The van der Waals surface area contributed by atoms with Crippen LogP contribution in [0.25, 0.3) is 0 Å². The number of hydrogen-bond acceptors (Lipinski definition) is 6. The molecule has 0 aliphatic rings. The molecule has 0 fully saturated rings. The maximum Gasteiger partial charge on any atom is 0.472 e. The van der Waals surface area contributed by atoms with E-state index in [2.05, 4.69) is 86.8 Å². The van der Waals surface area contributed by atoms with Gasteiger partial charge in [-0.1, -0.05) is 164 Å². The number of phosphoric ester groups is 1. The standard InChI is InChI=1S/C50H90NO7P/c1-6-8-10-12-14-16-18-20-22-24-25-26-28-30-32-34-36-38-40-42-45-55-47-49(48-57-59(53,54)56-46-44-51(3,4)5)58-50(52)43-41-39-37-35-33-31-29-27-23-21-19-17-15-13-11-9-7-2/h9,11,14-17,20-23,29,31,49H,6-8,10,12-13,18-19,24-28,30,32-48H2,1-5H3/p+1/b11-9-,16-14-,17-15-,22-20-,23-21-,31-29-. The molecular weight excluding hydrogens is 758 g/mol. The largest absolute Gasteiger partial charge is 0.472 e. The molecule has 0 radical (unpaired) electrons. The Labute approximate surface area is 363 Å². The Bertz CT molecular complexity index is 1170. The van der Waals surface area contributed by atoms with Gasteiger partial charge in [0.1, 0.15) is 19.3 Å². The summed E-state index contributed by atoms with van der Waals surface area (Å²) in [5, 5.41) is 0. The van der Waals surface area contributed by atoms with E-state index in [9.17, 15) is 14.3 Å². The van der Waals surface area contributed by atoms with E-state index in [1.807, 2.05) is 21.1 Å². The third-order valence-corrected chi connectivity index (χ3v) is 10.7. The lowest BCUT2D eigenvalue weighted by Gasteiger charge is -2.24. The van der Waals surface area contributed by atoms with Crippen molar-refractivity contribution in [3.63, 3.8) is 0 Å². The predicted octanol–water partition coefficient (Wildman–Crippen LogP) is 14.3. The van der Waals surface area contributed by atoms with Gasteiger partial charge in [0, 0.05) is 13.0 Å². The summed E-state index contributed by atoms with van der Waals surface area (Å²) in [4.78, 5) is 22.9. The SMILES string of the molecule is CC/C=C\C/C=C\C/C=C\C/C=C\CCCCCCC(=O)OC(COCCCCCCCCCCCC/C=C\C/C=C\CCCCC)COP(=O)(O)OCC[N+](C)(C)C. The number of likely N-dealkylation sites (N-methyl/N-ethyl adjacent to an activating group) is 1. The number of quaternary nitrogens is 1. The third-order valence-electron chi connectivity index (χ3n) is 9.75. The number of hydrogen-bond donors (Lipinski definition) is 1. The maximum absolute atomic E-state index is 12.7. The van der Waals surface area contributed by atoms with Crippen molar-refractivity contribution in [1.29, 1.82) is 0 Å². The van der Waals surface area contributed by atoms with Crippen molar-refractivity contribution in [3.8, 4) is 0 Å². The quantitative estimate of drug-likeness (QED) is 0.0215. The predicted molar refractivity (Wildman–Crippen MR) is 252 cm³/mol. The highest BCUT2D eigenvalue weighted by molar-refractivity contribution is 7.47. The zero-order valence-corrected chi connectivity index (χ0v) is 39.6. The van der Waals surface area contributed by atoms with Crippen molar-refractivity contribution in [2.75, 3.05) is 54.1 Å². The molecule has 0 heterocycles. The summed E-state index contributed by atoms with van der Waals surface area (Å²) in [7, 11) is 1.64. The summed E-state index contributed by atoms with van der Waals surface area (Å²) in [6.07, 6.45) is 55.1. The summed E-state index contributed by atoms with van der Waals surface area (Å²) < 4.78 is 35.0. The van der Waals surface area contributed by atoms with Gasteiger partial charge >= 0.3 is 13.8 Å². The summed E-state index contributed by atoms with van der Waals surface area (Å²) in [6, 6.07) is 0. The molecule has 0 saturated heterocycles. The van der Waals surface area contributed by atoms with Crippen LogP contribution in [0, 0.1) is 0 Å². The van der Waals surface area contributed by atoms with Crippen molar-refractivity contribution < 1.29 is 37.3 Å². The molecule has 342 valence electrons. The number of allylic oxidation sites excluding steroid dienone is 12. The van der Waals surface area contributed by atoms with Gasteiger partial charge in [0.05, 0.1) is 34.4 Å². The minimum absolute atomic E-state index is 0.0795. The second-order valence-electron chi connectivity index (χ2n) is 16.8. The number of carbonyl (C=O) groups is 1. The molecule has 8 nitrogen and oxygen atoms in total. The Morgan fingerprint density at radius 3 is 1.47 bits per heavy atom. The topological polar surface area (TPSA) is 91.3 Å². The fraction of sp³-hybridized carbons (Fsp3) is 0.740. The average molecular weight is 849 g/mol. The van der Waals surface area contributed by atoms with Crippen LogP contribution in [0.1, 0.15) is 181 Å². The second kappa shape index (κ2) is 42.6. The highest BCUT2D eigenvalue weighted by Crippen LogP contribution is 2.43. The van der Waals surface area contributed by atoms with Crippen molar-refractivity contribution in [2.24, 2.45) is 0 Å². The fourth-order valence-electron chi connectivity index (χ4n) is 6.10. The van der Waals surface area contributed by atoms with Gasteiger partial charge in [-0.2, -0.15) is 0 Å². The van der Waals surface area contributed by atoms with Crippen LogP contribution in [0.4, 0.5) is 0 Å². The number of rotatable bonds is 43. The Kier molecular flexibility index (Phi) is 41.1. The third kappa shape index (κ3) is 46.9. The fourth-order valence-corrected chi connectivity index (χ4v) is 6.84. The lowest BCUT2D eigenvalue weighted by Crippen LogP contribution is -2.37. The van der Waals surface area contributed by atoms with E-state index in [-0.39, 0.29) is 25.8 Å². The Morgan fingerprint density at radius 1 is 0.542 bits per heavy atom. The van der Waals surface area contributed by atoms with Gasteiger partial charge in [-0.25, -0.2) is 4.57 Å². The van der Waals surface area contributed by atoms with Crippen molar-refractivity contribution >= 4 is 13.8 Å². The van der Waals surface area contributed by atoms with E-state index in [4.69, 9.17) is 18.5 Å². The lowest BCUT2D eigenvalue weighted by atomic mass is 10.1. The molecule has 0 aliphatic carbocycles. The molecule has 1 N–H and O–H groups in total. The molecular formula is C50H91NO7P+. The van der Waals surface area contributed by atoms with E-state index in [0.29, 0.717) is 24.1 Å². The van der Waals surface area contributed by atoms with Crippen LogP contribution in [0.2, 0.25) is 0 Å². The number of esters is 1. The van der Waals surface area contributed by atoms with E-state index in [0.717, 1.165) is 77.0 Å².